The van der Waals surface area contributed by atoms with Crippen LogP contribution in [-0.2, 0) is 14.8 Å². The molecule has 0 spiro atoms. The Morgan fingerprint density at radius 3 is 2.73 bits per heavy atom. The number of nitrogens with one attached hydrogen (secondary N) is 1. The molecule has 1 atom stereocenters. The minimum Gasteiger partial charge on any atom is -0.326 e. The first-order valence-corrected chi connectivity index (χ1v) is 11.0. The molecule has 1 aliphatic rings. The molecule has 1 unspecified atom stereocenters. The standard InChI is InChI=1S/C18H21ClN2O3S2/c1-12-5-6-13(2)15(10-12)20-18(22)14-4-3-9-21(11-14)26(23,24)17-8-7-16(19)25-17/h5-8,10,14H,3-4,9,11H2,1-2H3,(H,20,22). The van der Waals surface area contributed by atoms with E-state index in [4.69, 9.17) is 11.6 Å². The predicted octanol–water partition coefficient (Wildman–Crippen LogP) is 4.06. The van der Waals surface area contributed by atoms with E-state index in [0.29, 0.717) is 23.7 Å². The molecule has 1 fully saturated rings. The minimum absolute atomic E-state index is 0.136. The number of aryl methyl sites for hydroxylation is 2. The van der Waals surface area contributed by atoms with E-state index >= 15 is 0 Å². The Labute approximate surface area is 163 Å². The van der Waals surface area contributed by atoms with Crippen LogP contribution in [0.5, 0.6) is 0 Å². The van der Waals surface area contributed by atoms with Crippen LogP contribution in [0, 0.1) is 19.8 Å². The molecule has 3 rings (SSSR count). The van der Waals surface area contributed by atoms with Crippen molar-refractivity contribution >= 4 is 44.6 Å². The van der Waals surface area contributed by atoms with Crippen molar-refractivity contribution in [1.29, 1.82) is 0 Å². The van der Waals surface area contributed by atoms with Gasteiger partial charge in [-0.2, -0.15) is 4.31 Å². The van der Waals surface area contributed by atoms with Gasteiger partial charge in [0.2, 0.25) is 5.91 Å². The SMILES string of the molecule is Cc1ccc(C)c(NC(=O)C2CCCN(S(=O)(=O)c3ccc(Cl)s3)C2)c1. The molecule has 0 aliphatic carbocycles. The van der Waals surface area contributed by atoms with Crippen LogP contribution in [0.3, 0.4) is 0 Å². The van der Waals surface area contributed by atoms with Gasteiger partial charge in [-0.05, 0) is 56.0 Å². The number of sulfonamides is 1. The van der Waals surface area contributed by atoms with Gasteiger partial charge in [0.15, 0.2) is 0 Å². The van der Waals surface area contributed by atoms with Gasteiger partial charge in [-0.3, -0.25) is 4.79 Å². The van der Waals surface area contributed by atoms with Crippen LogP contribution in [0.25, 0.3) is 0 Å². The number of benzene rings is 1. The highest BCUT2D eigenvalue weighted by Crippen LogP contribution is 2.31. The Morgan fingerprint density at radius 2 is 2.04 bits per heavy atom. The smallest absolute Gasteiger partial charge is 0.252 e. The molecule has 5 nitrogen and oxygen atoms in total. The fourth-order valence-corrected chi connectivity index (χ4v) is 6.20. The van der Waals surface area contributed by atoms with E-state index in [1.165, 1.54) is 10.4 Å². The number of nitrogens with zero attached hydrogens (tertiary/aromatic N) is 1. The molecule has 1 saturated heterocycles. The zero-order chi connectivity index (χ0) is 18.9. The van der Waals surface area contributed by atoms with Crippen LogP contribution in [0.4, 0.5) is 5.69 Å². The van der Waals surface area contributed by atoms with Crippen LogP contribution in [0.15, 0.2) is 34.5 Å². The van der Waals surface area contributed by atoms with E-state index in [-0.39, 0.29) is 22.6 Å². The zero-order valence-corrected chi connectivity index (χ0v) is 17.0. The summed E-state index contributed by atoms with van der Waals surface area (Å²) in [5.74, 6) is -0.503. The van der Waals surface area contributed by atoms with Crippen molar-refractivity contribution in [2.75, 3.05) is 18.4 Å². The molecule has 0 bridgehead atoms. The number of hydrogen-bond acceptors (Lipinski definition) is 4. The monoisotopic (exact) mass is 412 g/mol. The lowest BCUT2D eigenvalue weighted by Crippen LogP contribution is -2.43. The van der Waals surface area contributed by atoms with E-state index in [0.717, 1.165) is 28.2 Å². The summed E-state index contributed by atoms with van der Waals surface area (Å²) in [7, 11) is -3.61. The fraction of sp³-hybridized carbons (Fsp3) is 0.389. The number of rotatable bonds is 4. The summed E-state index contributed by atoms with van der Waals surface area (Å²) in [5.41, 5.74) is 2.82. The Hall–Kier alpha value is -1.41. The molecule has 140 valence electrons. The highest BCUT2D eigenvalue weighted by molar-refractivity contribution is 7.91. The van der Waals surface area contributed by atoms with Crippen LogP contribution in [-0.4, -0.2) is 31.7 Å². The average Bonchev–Trinajstić information content (AvgIpc) is 3.05. The molecule has 1 N–H and O–H groups in total. The number of amides is 1. The van der Waals surface area contributed by atoms with Crippen molar-refractivity contribution in [2.45, 2.75) is 30.9 Å². The van der Waals surface area contributed by atoms with E-state index in [2.05, 4.69) is 5.32 Å². The van der Waals surface area contributed by atoms with Crippen LogP contribution < -0.4 is 5.32 Å². The summed E-state index contributed by atoms with van der Waals surface area (Å²) in [6, 6.07) is 8.98. The van der Waals surface area contributed by atoms with Gasteiger partial charge in [-0.1, -0.05) is 23.7 Å². The zero-order valence-electron chi connectivity index (χ0n) is 14.7. The first kappa shape index (κ1) is 19.4. The molecule has 1 aromatic heterocycles. The van der Waals surface area contributed by atoms with Crippen LogP contribution in [0.2, 0.25) is 4.34 Å². The summed E-state index contributed by atoms with van der Waals surface area (Å²) in [6.07, 6.45) is 1.33. The number of halogens is 1. The third kappa shape index (κ3) is 4.11. The molecule has 1 amide bonds. The van der Waals surface area contributed by atoms with Gasteiger partial charge >= 0.3 is 0 Å². The lowest BCUT2D eigenvalue weighted by Gasteiger charge is -2.31. The van der Waals surface area contributed by atoms with Gasteiger partial charge in [0.25, 0.3) is 10.0 Å². The highest BCUT2D eigenvalue weighted by atomic mass is 35.5. The largest absolute Gasteiger partial charge is 0.326 e. The van der Waals surface area contributed by atoms with Crippen LogP contribution in [0.1, 0.15) is 24.0 Å². The minimum atomic E-state index is -3.61. The second-order valence-electron chi connectivity index (χ2n) is 6.57. The van der Waals surface area contributed by atoms with Crippen molar-refractivity contribution in [3.05, 3.63) is 45.8 Å². The van der Waals surface area contributed by atoms with Gasteiger partial charge in [0.05, 0.1) is 10.3 Å². The summed E-state index contributed by atoms with van der Waals surface area (Å²) in [4.78, 5) is 12.7. The molecular formula is C18H21ClN2O3S2. The third-order valence-electron chi connectivity index (χ3n) is 4.55. The van der Waals surface area contributed by atoms with E-state index in [1.54, 1.807) is 6.07 Å². The quantitative estimate of drug-likeness (QED) is 0.823. The maximum atomic E-state index is 12.8. The van der Waals surface area contributed by atoms with Crippen molar-refractivity contribution < 1.29 is 13.2 Å². The third-order valence-corrected chi connectivity index (χ3v) is 8.11. The van der Waals surface area contributed by atoms with E-state index in [1.807, 2.05) is 32.0 Å². The molecule has 2 aromatic rings. The Morgan fingerprint density at radius 1 is 1.27 bits per heavy atom. The second-order valence-corrected chi connectivity index (χ2v) is 10.4. The number of anilines is 1. The van der Waals surface area contributed by atoms with Gasteiger partial charge in [0, 0.05) is 18.8 Å². The lowest BCUT2D eigenvalue weighted by atomic mass is 9.98. The number of carbonyl (C=O) groups is 1. The summed E-state index contributed by atoms with van der Waals surface area (Å²) < 4.78 is 27.6. The van der Waals surface area contributed by atoms with Gasteiger partial charge in [0.1, 0.15) is 4.21 Å². The average molecular weight is 413 g/mol. The molecule has 1 aliphatic heterocycles. The van der Waals surface area contributed by atoms with E-state index < -0.39 is 10.0 Å². The Kier molecular flexibility index (Phi) is 5.72. The van der Waals surface area contributed by atoms with Crippen LogP contribution >= 0.6 is 22.9 Å². The van der Waals surface area contributed by atoms with Gasteiger partial charge in [-0.25, -0.2) is 8.42 Å². The molecule has 8 heteroatoms. The summed E-state index contributed by atoms with van der Waals surface area (Å²) >= 11 is 6.91. The second kappa shape index (κ2) is 7.68. The predicted molar refractivity (Wildman–Crippen MR) is 105 cm³/mol. The number of thiophene rings is 1. The van der Waals surface area contributed by atoms with Crippen molar-refractivity contribution in [3.63, 3.8) is 0 Å². The van der Waals surface area contributed by atoms with Gasteiger partial charge < -0.3 is 5.32 Å². The Balaban J connectivity index is 1.74. The maximum absolute atomic E-state index is 12.8. The van der Waals surface area contributed by atoms with Crippen molar-refractivity contribution in [2.24, 2.45) is 5.92 Å². The highest BCUT2D eigenvalue weighted by Gasteiger charge is 2.34. The molecular weight excluding hydrogens is 392 g/mol. The summed E-state index contributed by atoms with van der Waals surface area (Å²) in [5, 5.41) is 2.96. The van der Waals surface area contributed by atoms with Gasteiger partial charge in [-0.15, -0.1) is 11.3 Å². The maximum Gasteiger partial charge on any atom is 0.252 e. The summed E-state index contributed by atoms with van der Waals surface area (Å²) in [6.45, 7) is 4.52. The normalized spacial score (nSPS) is 18.7. The molecule has 0 radical (unpaired) electrons. The van der Waals surface area contributed by atoms with Crippen molar-refractivity contribution in [3.8, 4) is 0 Å². The Bertz CT molecular complexity index is 924. The lowest BCUT2D eigenvalue weighted by molar-refractivity contribution is -0.120. The molecule has 1 aromatic carbocycles. The molecule has 2 heterocycles. The topological polar surface area (TPSA) is 66.5 Å². The molecule has 26 heavy (non-hydrogen) atoms. The number of piperidine rings is 1. The first-order valence-electron chi connectivity index (χ1n) is 8.41. The number of hydrogen-bond donors (Lipinski definition) is 1. The first-order chi connectivity index (χ1) is 12.3. The number of carbonyl (C=O) groups excluding carboxylic acids is 1. The fourth-order valence-electron chi connectivity index (χ4n) is 3.04. The molecule has 0 saturated carbocycles. The van der Waals surface area contributed by atoms with Crippen molar-refractivity contribution in [1.82, 2.24) is 4.31 Å². The van der Waals surface area contributed by atoms with E-state index in [9.17, 15) is 13.2 Å².